The minimum Gasteiger partial charge on any atom is -0.344 e. The molecule has 28 heavy (non-hydrogen) atoms. The van der Waals surface area contributed by atoms with Crippen molar-refractivity contribution in [3.8, 4) is 0 Å². The van der Waals surface area contributed by atoms with Crippen molar-refractivity contribution in [1.82, 2.24) is 25.9 Å². The fourth-order valence-electron chi connectivity index (χ4n) is 2.73. The Morgan fingerprint density at radius 1 is 1.00 bits per heavy atom. The highest BCUT2D eigenvalue weighted by Crippen LogP contribution is 2.14. The van der Waals surface area contributed by atoms with E-state index in [0.717, 1.165) is 0 Å². The number of nitrogens with zero attached hydrogens (tertiary/aromatic N) is 2. The van der Waals surface area contributed by atoms with Crippen molar-refractivity contribution >= 4 is 28.5 Å². The summed E-state index contributed by atoms with van der Waals surface area (Å²) >= 11 is 0. The largest absolute Gasteiger partial charge is 0.344 e. The lowest BCUT2D eigenvalue weighted by atomic mass is 10.0. The number of hydrazine groups is 1. The number of nitrogens with one attached hydrogen (secondary N) is 3. The Balaban J connectivity index is 2.31. The minimum absolute atomic E-state index is 0.0184. The molecule has 1 aromatic heterocycles. The zero-order valence-electron chi connectivity index (χ0n) is 16.6. The van der Waals surface area contributed by atoms with Gasteiger partial charge in [-0.2, -0.15) is 5.10 Å². The second kappa shape index (κ2) is 8.64. The molecular weight excluding hydrogens is 362 g/mol. The highest BCUT2D eigenvalue weighted by atomic mass is 16.2. The number of fused-ring (bicyclic) bond motifs is 1. The molecule has 1 heterocycles. The normalized spacial score (nSPS) is 12.1. The molecule has 0 radical (unpaired) electrons. The zero-order valence-corrected chi connectivity index (χ0v) is 16.6. The third-order valence-electron chi connectivity index (χ3n) is 4.14. The molecule has 0 unspecified atom stereocenters. The van der Waals surface area contributed by atoms with Gasteiger partial charge < -0.3 is 5.32 Å². The lowest BCUT2D eigenvalue weighted by molar-refractivity contribution is -0.129. The van der Waals surface area contributed by atoms with E-state index < -0.39 is 17.9 Å². The molecular formula is C19H25N5O4. The fourth-order valence-corrected chi connectivity index (χ4v) is 2.73. The van der Waals surface area contributed by atoms with Crippen LogP contribution >= 0.6 is 0 Å². The predicted octanol–water partition coefficient (Wildman–Crippen LogP) is 0.899. The topological polar surface area (TPSA) is 122 Å². The van der Waals surface area contributed by atoms with E-state index in [9.17, 15) is 19.2 Å². The molecule has 2 rings (SSSR count). The van der Waals surface area contributed by atoms with Crippen LogP contribution in [0.2, 0.25) is 0 Å². The van der Waals surface area contributed by atoms with Crippen molar-refractivity contribution in [3.63, 3.8) is 0 Å². The number of amides is 3. The van der Waals surface area contributed by atoms with E-state index in [1.165, 1.54) is 11.6 Å². The summed E-state index contributed by atoms with van der Waals surface area (Å²) in [5, 5.41) is 7.47. The summed E-state index contributed by atoms with van der Waals surface area (Å²) in [5.74, 6) is -1.75. The van der Waals surface area contributed by atoms with Gasteiger partial charge in [-0.3, -0.25) is 30.0 Å². The van der Waals surface area contributed by atoms with E-state index in [1.807, 2.05) is 0 Å². The smallest absolute Gasteiger partial charge is 0.290 e. The first-order valence-corrected chi connectivity index (χ1v) is 9.02. The molecule has 0 fully saturated rings. The van der Waals surface area contributed by atoms with E-state index in [2.05, 4.69) is 21.3 Å². The third kappa shape index (κ3) is 4.54. The monoisotopic (exact) mass is 387 g/mol. The van der Waals surface area contributed by atoms with Gasteiger partial charge in [-0.1, -0.05) is 32.0 Å². The fraction of sp³-hybridized carbons (Fsp3) is 0.421. The van der Waals surface area contributed by atoms with Crippen LogP contribution in [-0.4, -0.2) is 33.5 Å². The average molecular weight is 387 g/mol. The van der Waals surface area contributed by atoms with Crippen molar-refractivity contribution in [2.24, 2.45) is 5.92 Å². The Morgan fingerprint density at radius 2 is 1.61 bits per heavy atom. The molecule has 9 nitrogen and oxygen atoms in total. The predicted molar refractivity (Wildman–Crippen MR) is 104 cm³/mol. The summed E-state index contributed by atoms with van der Waals surface area (Å²) < 4.78 is 1.23. The Labute approximate surface area is 162 Å². The molecule has 0 saturated heterocycles. The van der Waals surface area contributed by atoms with Crippen LogP contribution in [0.3, 0.4) is 0 Å². The van der Waals surface area contributed by atoms with Crippen LogP contribution in [0, 0.1) is 5.92 Å². The number of carbonyl (C=O) groups excluding carboxylic acids is 3. The van der Waals surface area contributed by atoms with Crippen molar-refractivity contribution < 1.29 is 14.4 Å². The molecule has 3 N–H and O–H groups in total. The van der Waals surface area contributed by atoms with Crippen LogP contribution < -0.4 is 21.7 Å². The maximum absolute atomic E-state index is 12.7. The Bertz CT molecular complexity index is 964. The maximum atomic E-state index is 12.7. The number of aromatic nitrogens is 2. The third-order valence-corrected chi connectivity index (χ3v) is 4.14. The molecule has 1 aromatic carbocycles. The molecule has 0 saturated carbocycles. The summed E-state index contributed by atoms with van der Waals surface area (Å²) in [7, 11) is 0. The second-order valence-electron chi connectivity index (χ2n) is 7.10. The molecule has 2 aromatic rings. The highest BCUT2D eigenvalue weighted by molar-refractivity contribution is 6.05. The lowest BCUT2D eigenvalue weighted by Gasteiger charge is -2.21. The minimum atomic E-state index is -0.799. The van der Waals surface area contributed by atoms with Crippen LogP contribution in [0.4, 0.5) is 0 Å². The molecule has 150 valence electrons. The first kappa shape index (κ1) is 21.1. The SMILES string of the molecule is CC(=O)N[C@H](C(=O)NNC(=O)c1nn(C(C)C)c(=O)c2ccccc12)C(C)C. The summed E-state index contributed by atoms with van der Waals surface area (Å²) in [6, 6.07) is 5.61. The van der Waals surface area contributed by atoms with Gasteiger partial charge in [0.25, 0.3) is 17.4 Å². The van der Waals surface area contributed by atoms with E-state index in [1.54, 1.807) is 52.0 Å². The standard InChI is InChI=1S/C19H25N5O4/c1-10(2)15(20-12(5)25)17(26)21-22-18(27)16-13-8-6-7-9-14(13)19(28)24(23-16)11(3)4/h6-11,15H,1-5H3,(H,20,25)(H,21,26)(H,22,27)/t15-/m0/s1. The average Bonchev–Trinajstić information content (AvgIpc) is 2.63. The number of hydrogen-bond donors (Lipinski definition) is 3. The highest BCUT2D eigenvalue weighted by Gasteiger charge is 2.24. The zero-order chi connectivity index (χ0) is 21.0. The van der Waals surface area contributed by atoms with Gasteiger partial charge in [0.05, 0.1) is 11.4 Å². The van der Waals surface area contributed by atoms with Gasteiger partial charge in [0.1, 0.15) is 6.04 Å². The van der Waals surface area contributed by atoms with Crippen molar-refractivity contribution in [2.45, 2.75) is 46.7 Å². The van der Waals surface area contributed by atoms with Crippen molar-refractivity contribution in [2.75, 3.05) is 0 Å². The molecule has 1 atom stereocenters. The van der Waals surface area contributed by atoms with Crippen LogP contribution in [0.1, 0.15) is 51.1 Å². The molecule has 0 aliphatic carbocycles. The van der Waals surface area contributed by atoms with E-state index >= 15 is 0 Å². The lowest BCUT2D eigenvalue weighted by Crippen LogP contribution is -2.54. The van der Waals surface area contributed by atoms with E-state index in [0.29, 0.717) is 10.8 Å². The summed E-state index contributed by atoms with van der Waals surface area (Å²) in [6.45, 7) is 8.43. The second-order valence-corrected chi connectivity index (χ2v) is 7.10. The first-order valence-electron chi connectivity index (χ1n) is 9.02. The number of hydrogen-bond acceptors (Lipinski definition) is 5. The van der Waals surface area contributed by atoms with Crippen LogP contribution in [0.25, 0.3) is 10.8 Å². The van der Waals surface area contributed by atoms with Crippen LogP contribution in [-0.2, 0) is 9.59 Å². The van der Waals surface area contributed by atoms with Gasteiger partial charge in [0.2, 0.25) is 5.91 Å². The first-order chi connectivity index (χ1) is 13.1. The van der Waals surface area contributed by atoms with Crippen LogP contribution in [0.5, 0.6) is 0 Å². The van der Waals surface area contributed by atoms with Crippen molar-refractivity contribution in [1.29, 1.82) is 0 Å². The van der Waals surface area contributed by atoms with E-state index in [-0.39, 0.29) is 29.1 Å². The van der Waals surface area contributed by atoms with Gasteiger partial charge in [-0.25, -0.2) is 4.68 Å². The Morgan fingerprint density at radius 3 is 2.14 bits per heavy atom. The molecule has 0 aliphatic heterocycles. The molecule has 0 aliphatic rings. The Kier molecular flexibility index (Phi) is 6.50. The maximum Gasteiger partial charge on any atom is 0.290 e. The quantitative estimate of drug-likeness (QED) is 0.658. The molecule has 0 bridgehead atoms. The summed E-state index contributed by atoms with van der Waals surface area (Å²) in [5.41, 5.74) is 4.36. The molecule has 9 heteroatoms. The summed E-state index contributed by atoms with van der Waals surface area (Å²) in [4.78, 5) is 48.8. The number of rotatable bonds is 5. The molecule has 3 amide bonds. The number of benzene rings is 1. The number of carbonyl (C=O) groups is 3. The molecule has 0 spiro atoms. The van der Waals surface area contributed by atoms with Gasteiger partial charge in [-0.15, -0.1) is 0 Å². The van der Waals surface area contributed by atoms with Gasteiger partial charge in [0.15, 0.2) is 5.69 Å². The van der Waals surface area contributed by atoms with Gasteiger partial charge in [-0.05, 0) is 25.8 Å². The van der Waals surface area contributed by atoms with Crippen molar-refractivity contribution in [3.05, 3.63) is 40.3 Å². The Hall–Kier alpha value is -3.23. The van der Waals surface area contributed by atoms with Crippen LogP contribution in [0.15, 0.2) is 29.1 Å². The van der Waals surface area contributed by atoms with Gasteiger partial charge in [0, 0.05) is 12.3 Å². The summed E-state index contributed by atoms with van der Waals surface area (Å²) in [6.07, 6.45) is 0. The van der Waals surface area contributed by atoms with Gasteiger partial charge >= 0.3 is 0 Å². The van der Waals surface area contributed by atoms with E-state index in [4.69, 9.17) is 0 Å².